The van der Waals surface area contributed by atoms with Crippen LogP contribution in [0.5, 0.6) is 0 Å². The average Bonchev–Trinajstić information content (AvgIpc) is 2.68. The summed E-state index contributed by atoms with van der Waals surface area (Å²) in [5, 5.41) is 0. The van der Waals surface area contributed by atoms with Gasteiger partial charge in [0.15, 0.2) is 0 Å². The first-order valence-electron chi connectivity index (χ1n) is 5.44. The van der Waals surface area contributed by atoms with Gasteiger partial charge in [-0.15, -0.1) is 0 Å². The van der Waals surface area contributed by atoms with Gasteiger partial charge in [0, 0.05) is 12.4 Å². The summed E-state index contributed by atoms with van der Waals surface area (Å²) >= 11 is 0. The third-order valence-corrected chi connectivity index (χ3v) is 2.77. The van der Waals surface area contributed by atoms with Crippen LogP contribution >= 0.6 is 0 Å². The Bertz CT molecular complexity index is 643. The summed E-state index contributed by atoms with van der Waals surface area (Å²) in [5.41, 5.74) is 9.09. The molecular formula is C13H12N4. The standard InChI is InChI=1S/C13H12N4/c14-13-16-11-3-1-2-4-12(11)17(13)9-10-5-7-15-8-6-10/h1-8H,9H2,(H2,14,16). The number of rotatable bonds is 2. The number of pyridine rings is 1. The van der Waals surface area contributed by atoms with E-state index in [2.05, 4.69) is 9.97 Å². The van der Waals surface area contributed by atoms with Crippen LogP contribution in [0.25, 0.3) is 11.0 Å². The van der Waals surface area contributed by atoms with E-state index in [1.165, 1.54) is 0 Å². The van der Waals surface area contributed by atoms with Gasteiger partial charge < -0.3 is 10.3 Å². The Morgan fingerprint density at radius 1 is 1.06 bits per heavy atom. The minimum Gasteiger partial charge on any atom is -0.369 e. The van der Waals surface area contributed by atoms with Gasteiger partial charge in [-0.3, -0.25) is 4.98 Å². The van der Waals surface area contributed by atoms with Gasteiger partial charge in [-0.25, -0.2) is 4.98 Å². The maximum atomic E-state index is 5.94. The number of nitrogen functional groups attached to an aromatic ring is 1. The Hall–Kier alpha value is -2.36. The second-order valence-electron chi connectivity index (χ2n) is 3.90. The number of para-hydroxylation sites is 2. The molecule has 0 amide bonds. The summed E-state index contributed by atoms with van der Waals surface area (Å²) in [5.74, 6) is 0.544. The number of aromatic nitrogens is 3. The fraction of sp³-hybridized carbons (Fsp3) is 0.0769. The molecule has 0 bridgehead atoms. The number of fused-ring (bicyclic) bond motifs is 1. The van der Waals surface area contributed by atoms with E-state index in [9.17, 15) is 0 Å². The van der Waals surface area contributed by atoms with E-state index >= 15 is 0 Å². The molecule has 0 spiro atoms. The summed E-state index contributed by atoms with van der Waals surface area (Å²) in [6.45, 7) is 0.717. The highest BCUT2D eigenvalue weighted by Crippen LogP contribution is 2.18. The minimum absolute atomic E-state index is 0.544. The van der Waals surface area contributed by atoms with E-state index in [0.717, 1.165) is 23.1 Å². The van der Waals surface area contributed by atoms with Crippen LogP contribution < -0.4 is 5.73 Å². The Morgan fingerprint density at radius 2 is 1.82 bits per heavy atom. The fourth-order valence-corrected chi connectivity index (χ4v) is 1.93. The highest BCUT2D eigenvalue weighted by atomic mass is 15.1. The molecule has 0 saturated heterocycles. The summed E-state index contributed by atoms with van der Waals surface area (Å²) in [6, 6.07) is 11.9. The zero-order chi connectivity index (χ0) is 11.7. The molecule has 0 radical (unpaired) electrons. The van der Waals surface area contributed by atoms with Crippen molar-refractivity contribution in [1.82, 2.24) is 14.5 Å². The van der Waals surface area contributed by atoms with Crippen molar-refractivity contribution in [1.29, 1.82) is 0 Å². The second kappa shape index (κ2) is 3.90. The summed E-state index contributed by atoms with van der Waals surface area (Å²) < 4.78 is 2.00. The van der Waals surface area contributed by atoms with Gasteiger partial charge >= 0.3 is 0 Å². The van der Waals surface area contributed by atoms with Gasteiger partial charge in [-0.2, -0.15) is 0 Å². The molecule has 0 aliphatic carbocycles. The van der Waals surface area contributed by atoms with Crippen molar-refractivity contribution in [3.8, 4) is 0 Å². The maximum Gasteiger partial charge on any atom is 0.201 e. The number of benzene rings is 1. The maximum absolute atomic E-state index is 5.94. The van der Waals surface area contributed by atoms with Crippen LogP contribution in [0.1, 0.15) is 5.56 Å². The fourth-order valence-electron chi connectivity index (χ4n) is 1.93. The van der Waals surface area contributed by atoms with Crippen molar-refractivity contribution in [2.24, 2.45) is 0 Å². The molecule has 17 heavy (non-hydrogen) atoms. The topological polar surface area (TPSA) is 56.7 Å². The zero-order valence-electron chi connectivity index (χ0n) is 9.24. The molecule has 0 fully saturated rings. The predicted octanol–water partition coefficient (Wildman–Crippen LogP) is 2.06. The van der Waals surface area contributed by atoms with E-state index in [4.69, 9.17) is 5.73 Å². The minimum atomic E-state index is 0.544. The number of hydrogen-bond donors (Lipinski definition) is 1. The Labute approximate surface area is 98.7 Å². The van der Waals surface area contributed by atoms with Crippen molar-refractivity contribution in [3.63, 3.8) is 0 Å². The number of nitrogens with zero attached hydrogens (tertiary/aromatic N) is 3. The summed E-state index contributed by atoms with van der Waals surface area (Å²) in [6.07, 6.45) is 3.56. The van der Waals surface area contributed by atoms with Crippen molar-refractivity contribution >= 4 is 17.0 Å². The number of anilines is 1. The largest absolute Gasteiger partial charge is 0.369 e. The summed E-state index contributed by atoms with van der Waals surface area (Å²) in [7, 11) is 0. The SMILES string of the molecule is Nc1nc2ccccc2n1Cc1ccncc1. The molecule has 2 heterocycles. The van der Waals surface area contributed by atoms with E-state index in [-0.39, 0.29) is 0 Å². The van der Waals surface area contributed by atoms with Crippen molar-refractivity contribution < 1.29 is 0 Å². The molecule has 3 rings (SSSR count). The zero-order valence-corrected chi connectivity index (χ0v) is 9.24. The number of hydrogen-bond acceptors (Lipinski definition) is 3. The molecule has 0 aliphatic rings. The van der Waals surface area contributed by atoms with Gasteiger partial charge in [0.2, 0.25) is 5.95 Å². The van der Waals surface area contributed by atoms with Crippen LogP contribution in [0.2, 0.25) is 0 Å². The van der Waals surface area contributed by atoms with Crippen LogP contribution in [0.4, 0.5) is 5.95 Å². The molecule has 84 valence electrons. The molecule has 4 heteroatoms. The normalized spacial score (nSPS) is 10.8. The van der Waals surface area contributed by atoms with Crippen LogP contribution in [-0.4, -0.2) is 14.5 Å². The molecule has 1 aromatic carbocycles. The molecule has 2 aromatic heterocycles. The number of imidazole rings is 1. The summed E-state index contributed by atoms with van der Waals surface area (Å²) in [4.78, 5) is 8.34. The van der Waals surface area contributed by atoms with Crippen molar-refractivity contribution in [2.45, 2.75) is 6.54 Å². The lowest BCUT2D eigenvalue weighted by Crippen LogP contribution is -2.04. The van der Waals surface area contributed by atoms with Crippen molar-refractivity contribution in [2.75, 3.05) is 5.73 Å². The van der Waals surface area contributed by atoms with E-state index < -0.39 is 0 Å². The molecule has 0 saturated carbocycles. The Kier molecular flexibility index (Phi) is 2.26. The van der Waals surface area contributed by atoms with Crippen LogP contribution in [0.15, 0.2) is 48.8 Å². The van der Waals surface area contributed by atoms with Gasteiger partial charge in [0.05, 0.1) is 17.6 Å². The molecule has 0 aliphatic heterocycles. The quantitative estimate of drug-likeness (QED) is 0.724. The lowest BCUT2D eigenvalue weighted by molar-refractivity contribution is 0.836. The molecule has 0 unspecified atom stereocenters. The predicted molar refractivity (Wildman–Crippen MR) is 67.5 cm³/mol. The second-order valence-corrected chi connectivity index (χ2v) is 3.90. The molecular weight excluding hydrogens is 212 g/mol. The molecule has 0 atom stereocenters. The lowest BCUT2D eigenvalue weighted by atomic mass is 10.2. The average molecular weight is 224 g/mol. The first-order valence-corrected chi connectivity index (χ1v) is 5.44. The lowest BCUT2D eigenvalue weighted by Gasteiger charge is -2.05. The van der Waals surface area contributed by atoms with E-state index in [0.29, 0.717) is 5.95 Å². The monoisotopic (exact) mass is 224 g/mol. The first kappa shape index (κ1) is 9.84. The van der Waals surface area contributed by atoms with Crippen LogP contribution in [-0.2, 0) is 6.54 Å². The third-order valence-electron chi connectivity index (χ3n) is 2.77. The van der Waals surface area contributed by atoms with Gasteiger partial charge in [-0.05, 0) is 29.8 Å². The Balaban J connectivity index is 2.08. The van der Waals surface area contributed by atoms with Crippen LogP contribution in [0.3, 0.4) is 0 Å². The van der Waals surface area contributed by atoms with Gasteiger partial charge in [0.25, 0.3) is 0 Å². The van der Waals surface area contributed by atoms with Gasteiger partial charge in [-0.1, -0.05) is 12.1 Å². The molecule has 3 aromatic rings. The highest BCUT2D eigenvalue weighted by Gasteiger charge is 2.07. The van der Waals surface area contributed by atoms with E-state index in [1.807, 2.05) is 41.0 Å². The van der Waals surface area contributed by atoms with Crippen molar-refractivity contribution in [3.05, 3.63) is 54.4 Å². The Morgan fingerprint density at radius 3 is 2.65 bits per heavy atom. The highest BCUT2D eigenvalue weighted by molar-refractivity contribution is 5.78. The number of nitrogens with two attached hydrogens (primary N) is 1. The molecule has 2 N–H and O–H groups in total. The van der Waals surface area contributed by atoms with Crippen LogP contribution in [0, 0.1) is 0 Å². The first-order chi connectivity index (χ1) is 8.34. The third kappa shape index (κ3) is 1.73. The molecule has 4 nitrogen and oxygen atoms in total. The van der Waals surface area contributed by atoms with E-state index in [1.54, 1.807) is 12.4 Å². The van der Waals surface area contributed by atoms with Gasteiger partial charge in [0.1, 0.15) is 0 Å². The smallest absolute Gasteiger partial charge is 0.201 e.